The number of esters is 4. The van der Waals surface area contributed by atoms with Crippen LogP contribution in [0.3, 0.4) is 0 Å². The fourth-order valence-electron chi connectivity index (χ4n) is 6.28. The SMILES string of the molecule is CCCCCCCCCCCCCC(=O)OC(=O)CCCCCCCCCCCCC(=O)OC(=O)CCCCCCCCCCCCC. The number of rotatable bonds is 37. The first kappa shape index (κ1) is 46.3. The minimum atomic E-state index is -0.374. The molecule has 0 radical (unpaired) electrons. The van der Waals surface area contributed by atoms with E-state index in [2.05, 4.69) is 13.8 Å². The molecule has 282 valence electrons. The lowest BCUT2D eigenvalue weighted by atomic mass is 10.1. The Balaban J connectivity index is 3.40. The Kier molecular flexibility index (Phi) is 36.7. The second kappa shape index (κ2) is 38.1. The molecule has 0 fully saturated rings. The van der Waals surface area contributed by atoms with E-state index in [1.165, 1.54) is 116 Å². The Bertz CT molecular complexity index is 686. The van der Waals surface area contributed by atoms with Crippen molar-refractivity contribution < 1.29 is 28.7 Å². The molecule has 0 aliphatic rings. The lowest BCUT2D eigenvalue weighted by Crippen LogP contribution is -2.11. The molecule has 0 aromatic rings. The smallest absolute Gasteiger partial charge is 0.313 e. The maximum Gasteiger partial charge on any atom is 0.313 e. The zero-order valence-corrected chi connectivity index (χ0v) is 31.9. The first-order valence-electron chi connectivity index (χ1n) is 21.0. The van der Waals surface area contributed by atoms with Gasteiger partial charge in [0.1, 0.15) is 0 Å². The minimum Gasteiger partial charge on any atom is -0.393 e. The standard InChI is InChI=1S/C42H78O6/c1-3-5-7-9-11-13-15-19-23-27-31-35-39(43)47-41(45)37-33-29-25-21-17-18-22-26-30-34-38-42(46)48-40(44)36-32-28-24-20-16-14-12-10-8-6-4-2/h3-38H2,1-2H3. The van der Waals surface area contributed by atoms with Crippen molar-refractivity contribution in [3.05, 3.63) is 0 Å². The molecule has 0 aliphatic carbocycles. The summed E-state index contributed by atoms with van der Waals surface area (Å²) in [7, 11) is 0. The highest BCUT2D eigenvalue weighted by Crippen LogP contribution is 2.15. The molecule has 0 bridgehead atoms. The van der Waals surface area contributed by atoms with Gasteiger partial charge in [-0.1, -0.05) is 194 Å². The van der Waals surface area contributed by atoms with Gasteiger partial charge in [0.2, 0.25) is 0 Å². The van der Waals surface area contributed by atoms with Gasteiger partial charge in [-0.3, -0.25) is 19.2 Å². The predicted molar refractivity (Wildman–Crippen MR) is 200 cm³/mol. The molecule has 0 saturated heterocycles. The van der Waals surface area contributed by atoms with Gasteiger partial charge in [-0.25, -0.2) is 0 Å². The molecule has 0 unspecified atom stereocenters. The number of hydrogen-bond donors (Lipinski definition) is 0. The normalized spacial score (nSPS) is 11.1. The monoisotopic (exact) mass is 679 g/mol. The summed E-state index contributed by atoms with van der Waals surface area (Å²) in [6.07, 6.45) is 39.0. The summed E-state index contributed by atoms with van der Waals surface area (Å²) in [4.78, 5) is 47.7. The molecule has 0 saturated carbocycles. The van der Waals surface area contributed by atoms with Crippen LogP contribution in [0.5, 0.6) is 0 Å². The van der Waals surface area contributed by atoms with Crippen molar-refractivity contribution in [2.75, 3.05) is 0 Å². The third kappa shape index (κ3) is 37.1. The van der Waals surface area contributed by atoms with Crippen LogP contribution in [0.25, 0.3) is 0 Å². The van der Waals surface area contributed by atoms with Gasteiger partial charge in [0.15, 0.2) is 0 Å². The zero-order chi connectivity index (χ0) is 35.2. The van der Waals surface area contributed by atoms with E-state index >= 15 is 0 Å². The average Bonchev–Trinajstić information content (AvgIpc) is 3.06. The van der Waals surface area contributed by atoms with E-state index in [0.29, 0.717) is 25.7 Å². The third-order valence-corrected chi connectivity index (χ3v) is 9.44. The molecular weight excluding hydrogens is 600 g/mol. The van der Waals surface area contributed by atoms with Crippen LogP contribution in [-0.4, -0.2) is 23.9 Å². The van der Waals surface area contributed by atoms with Gasteiger partial charge < -0.3 is 9.47 Å². The molecule has 0 heterocycles. The molecule has 48 heavy (non-hydrogen) atoms. The van der Waals surface area contributed by atoms with Gasteiger partial charge in [-0.2, -0.15) is 0 Å². The molecule has 0 aromatic carbocycles. The molecule has 0 aromatic heterocycles. The van der Waals surface area contributed by atoms with Crippen molar-refractivity contribution in [3.63, 3.8) is 0 Å². The second-order valence-electron chi connectivity index (χ2n) is 14.3. The Labute approximate surface area is 297 Å². The molecule has 6 nitrogen and oxygen atoms in total. The van der Waals surface area contributed by atoms with Crippen molar-refractivity contribution in [1.82, 2.24) is 0 Å². The van der Waals surface area contributed by atoms with Crippen LogP contribution in [-0.2, 0) is 28.7 Å². The molecule has 0 aliphatic heterocycles. The van der Waals surface area contributed by atoms with Crippen molar-refractivity contribution in [3.8, 4) is 0 Å². The molecule has 0 rings (SSSR count). The van der Waals surface area contributed by atoms with Crippen LogP contribution in [0.2, 0.25) is 0 Å². The van der Waals surface area contributed by atoms with E-state index in [1.54, 1.807) is 0 Å². The number of carbonyl (C=O) groups is 4. The summed E-state index contributed by atoms with van der Waals surface area (Å²) in [5.41, 5.74) is 0. The first-order chi connectivity index (χ1) is 23.5. The molecule has 0 spiro atoms. The number of hydrogen-bond acceptors (Lipinski definition) is 6. The average molecular weight is 679 g/mol. The topological polar surface area (TPSA) is 86.7 Å². The first-order valence-corrected chi connectivity index (χ1v) is 21.0. The van der Waals surface area contributed by atoms with Gasteiger partial charge in [0.25, 0.3) is 0 Å². The summed E-state index contributed by atoms with van der Waals surface area (Å²) in [6, 6.07) is 0. The second-order valence-corrected chi connectivity index (χ2v) is 14.3. The lowest BCUT2D eigenvalue weighted by molar-refractivity contribution is -0.161. The Morgan fingerprint density at radius 3 is 0.562 bits per heavy atom. The van der Waals surface area contributed by atoms with Crippen molar-refractivity contribution in [2.24, 2.45) is 0 Å². The van der Waals surface area contributed by atoms with Gasteiger partial charge in [-0.15, -0.1) is 0 Å². The molecular formula is C42H78O6. The van der Waals surface area contributed by atoms with E-state index in [1.807, 2.05) is 0 Å². The third-order valence-electron chi connectivity index (χ3n) is 9.44. The van der Waals surface area contributed by atoms with Gasteiger partial charge in [0.05, 0.1) is 0 Å². The zero-order valence-electron chi connectivity index (χ0n) is 31.9. The summed E-state index contributed by atoms with van der Waals surface area (Å²) in [6.45, 7) is 4.50. The van der Waals surface area contributed by atoms with E-state index in [9.17, 15) is 19.2 Å². The Morgan fingerprint density at radius 1 is 0.250 bits per heavy atom. The Hall–Kier alpha value is -1.72. The van der Waals surface area contributed by atoms with Gasteiger partial charge in [0, 0.05) is 25.7 Å². The summed E-state index contributed by atoms with van der Waals surface area (Å²) in [5, 5.41) is 0. The van der Waals surface area contributed by atoms with Crippen molar-refractivity contribution in [1.29, 1.82) is 0 Å². The highest BCUT2D eigenvalue weighted by atomic mass is 16.6. The highest BCUT2D eigenvalue weighted by molar-refractivity contribution is 5.85. The molecule has 0 atom stereocenters. The summed E-state index contributed by atoms with van der Waals surface area (Å²) >= 11 is 0. The van der Waals surface area contributed by atoms with E-state index < -0.39 is 0 Å². The van der Waals surface area contributed by atoms with E-state index in [-0.39, 0.29) is 23.9 Å². The largest absolute Gasteiger partial charge is 0.393 e. The van der Waals surface area contributed by atoms with Crippen LogP contribution in [0.4, 0.5) is 0 Å². The van der Waals surface area contributed by atoms with Crippen LogP contribution < -0.4 is 0 Å². The highest BCUT2D eigenvalue weighted by Gasteiger charge is 2.11. The Morgan fingerprint density at radius 2 is 0.396 bits per heavy atom. The maximum absolute atomic E-state index is 11.9. The van der Waals surface area contributed by atoms with Crippen LogP contribution in [0, 0.1) is 0 Å². The van der Waals surface area contributed by atoms with E-state index in [4.69, 9.17) is 9.47 Å². The predicted octanol–water partition coefficient (Wildman–Crippen LogP) is 13.2. The number of unbranched alkanes of at least 4 members (excludes halogenated alkanes) is 29. The van der Waals surface area contributed by atoms with E-state index in [0.717, 1.165) is 89.9 Å². The van der Waals surface area contributed by atoms with Crippen molar-refractivity contribution >= 4 is 23.9 Å². The summed E-state index contributed by atoms with van der Waals surface area (Å²) < 4.78 is 9.98. The quantitative estimate of drug-likeness (QED) is 0.0369. The summed E-state index contributed by atoms with van der Waals surface area (Å²) in [5.74, 6) is -1.48. The van der Waals surface area contributed by atoms with Crippen LogP contribution >= 0.6 is 0 Å². The lowest BCUT2D eigenvalue weighted by Gasteiger charge is -2.05. The van der Waals surface area contributed by atoms with Crippen LogP contribution in [0.1, 0.15) is 245 Å². The van der Waals surface area contributed by atoms with Gasteiger partial charge in [-0.05, 0) is 25.7 Å². The fourth-order valence-corrected chi connectivity index (χ4v) is 6.28. The van der Waals surface area contributed by atoms with Gasteiger partial charge >= 0.3 is 23.9 Å². The molecule has 0 amide bonds. The van der Waals surface area contributed by atoms with Crippen LogP contribution in [0.15, 0.2) is 0 Å². The molecule has 6 heteroatoms. The number of carbonyl (C=O) groups excluding carboxylic acids is 4. The van der Waals surface area contributed by atoms with Crippen molar-refractivity contribution in [2.45, 2.75) is 245 Å². The molecule has 0 N–H and O–H groups in total. The number of ether oxygens (including phenoxy) is 2. The minimum absolute atomic E-state index is 0.331. The fraction of sp³-hybridized carbons (Fsp3) is 0.905. The maximum atomic E-state index is 11.9.